The highest BCUT2D eigenvalue weighted by Crippen LogP contribution is 2.13. The standard InChI is InChI=1S/C31H56N2O2/c1-3-4-5-6-7-8-9-10-11-12-13-14-15-16-25-35-28-31(34)27-33-23-21-32(22-24-33)26-30-19-17-29(2)18-20-30/h17-20,31,34H,3-16,21-28H2,1-2H3. The molecule has 1 aromatic rings. The molecule has 0 spiro atoms. The molecule has 0 aromatic heterocycles. The van der Waals surface area contributed by atoms with E-state index in [1.165, 1.54) is 94.6 Å². The molecule has 0 saturated carbocycles. The molecule has 1 saturated heterocycles. The minimum absolute atomic E-state index is 0.370. The SMILES string of the molecule is CCCCCCCCCCCCCCCCOCC(O)CN1CCN(Cc2ccc(C)cc2)CC1. The van der Waals surface area contributed by atoms with E-state index in [1.54, 1.807) is 0 Å². The number of rotatable bonds is 21. The molecule has 1 aliphatic heterocycles. The fourth-order valence-corrected chi connectivity index (χ4v) is 5.05. The number of benzene rings is 1. The third kappa shape index (κ3) is 15.7. The quantitative estimate of drug-likeness (QED) is 0.190. The monoisotopic (exact) mass is 488 g/mol. The minimum Gasteiger partial charge on any atom is -0.389 e. The van der Waals surface area contributed by atoms with Crippen LogP contribution in [0.3, 0.4) is 0 Å². The largest absolute Gasteiger partial charge is 0.389 e. The molecule has 0 bridgehead atoms. The van der Waals surface area contributed by atoms with E-state index in [0.717, 1.165) is 52.3 Å². The van der Waals surface area contributed by atoms with Crippen LogP contribution in [0.2, 0.25) is 0 Å². The predicted octanol–water partition coefficient (Wildman–Crippen LogP) is 6.97. The van der Waals surface area contributed by atoms with Crippen LogP contribution in [-0.4, -0.2) is 66.9 Å². The lowest BCUT2D eigenvalue weighted by Crippen LogP contribution is -2.48. The van der Waals surface area contributed by atoms with Crippen molar-refractivity contribution in [1.29, 1.82) is 0 Å². The van der Waals surface area contributed by atoms with Crippen LogP contribution in [0.5, 0.6) is 0 Å². The van der Waals surface area contributed by atoms with E-state index in [-0.39, 0.29) is 6.10 Å². The van der Waals surface area contributed by atoms with Gasteiger partial charge in [-0.3, -0.25) is 9.80 Å². The van der Waals surface area contributed by atoms with Crippen LogP contribution < -0.4 is 0 Å². The van der Waals surface area contributed by atoms with Crippen molar-refractivity contribution < 1.29 is 9.84 Å². The molecule has 202 valence electrons. The zero-order valence-electron chi connectivity index (χ0n) is 23.2. The number of hydrogen-bond donors (Lipinski definition) is 1. The smallest absolute Gasteiger partial charge is 0.0900 e. The molecular weight excluding hydrogens is 432 g/mol. The first kappa shape index (κ1) is 30.3. The van der Waals surface area contributed by atoms with E-state index >= 15 is 0 Å². The van der Waals surface area contributed by atoms with Gasteiger partial charge in [0.15, 0.2) is 0 Å². The lowest BCUT2D eigenvalue weighted by Gasteiger charge is -2.35. The fourth-order valence-electron chi connectivity index (χ4n) is 5.05. The van der Waals surface area contributed by atoms with Crippen molar-refractivity contribution in [3.63, 3.8) is 0 Å². The molecule has 35 heavy (non-hydrogen) atoms. The summed E-state index contributed by atoms with van der Waals surface area (Å²) in [6.45, 7) is 11.6. The van der Waals surface area contributed by atoms with Gasteiger partial charge in [-0.2, -0.15) is 0 Å². The third-order valence-electron chi connectivity index (χ3n) is 7.41. The van der Waals surface area contributed by atoms with Gasteiger partial charge >= 0.3 is 0 Å². The molecule has 0 radical (unpaired) electrons. The second kappa shape index (κ2) is 20.2. The van der Waals surface area contributed by atoms with E-state index in [0.29, 0.717) is 6.61 Å². The topological polar surface area (TPSA) is 35.9 Å². The average molecular weight is 489 g/mol. The normalized spacial score (nSPS) is 16.1. The number of piperazine rings is 1. The maximum Gasteiger partial charge on any atom is 0.0900 e. The number of ether oxygens (including phenoxy) is 1. The molecule has 1 unspecified atom stereocenters. The fraction of sp³-hybridized carbons (Fsp3) is 0.806. The molecule has 4 heteroatoms. The van der Waals surface area contributed by atoms with E-state index in [2.05, 4.69) is 47.9 Å². The highest BCUT2D eigenvalue weighted by Gasteiger charge is 2.19. The number of aliphatic hydroxyl groups is 1. The van der Waals surface area contributed by atoms with Crippen LogP contribution in [0.15, 0.2) is 24.3 Å². The summed E-state index contributed by atoms with van der Waals surface area (Å²) in [4.78, 5) is 4.89. The Bertz CT molecular complexity index is 599. The highest BCUT2D eigenvalue weighted by atomic mass is 16.5. The summed E-state index contributed by atoms with van der Waals surface area (Å²) in [6, 6.07) is 8.86. The molecule has 1 aliphatic rings. The van der Waals surface area contributed by atoms with Gasteiger partial charge in [0, 0.05) is 45.9 Å². The number of aryl methyl sites for hydroxylation is 1. The van der Waals surface area contributed by atoms with Crippen molar-refractivity contribution in [3.8, 4) is 0 Å². The maximum absolute atomic E-state index is 10.4. The van der Waals surface area contributed by atoms with Crippen molar-refractivity contribution in [2.75, 3.05) is 45.9 Å². The summed E-state index contributed by atoms with van der Waals surface area (Å²) in [6.07, 6.45) is 18.9. The van der Waals surface area contributed by atoms with E-state index in [4.69, 9.17) is 4.74 Å². The Hall–Kier alpha value is -0.940. The molecule has 2 rings (SSSR count). The summed E-state index contributed by atoms with van der Waals surface area (Å²) in [7, 11) is 0. The van der Waals surface area contributed by atoms with Crippen LogP contribution in [0, 0.1) is 6.92 Å². The van der Waals surface area contributed by atoms with Gasteiger partial charge in [0.2, 0.25) is 0 Å². The van der Waals surface area contributed by atoms with E-state index < -0.39 is 0 Å². The molecule has 1 N–H and O–H groups in total. The van der Waals surface area contributed by atoms with E-state index in [1.807, 2.05) is 0 Å². The minimum atomic E-state index is -0.370. The first-order chi connectivity index (χ1) is 17.2. The lowest BCUT2D eigenvalue weighted by atomic mass is 10.0. The Labute approximate surface area is 217 Å². The Kier molecular flexibility index (Phi) is 17.4. The lowest BCUT2D eigenvalue weighted by molar-refractivity contribution is 0.00559. The third-order valence-corrected chi connectivity index (χ3v) is 7.41. The first-order valence-electron chi connectivity index (χ1n) is 14.9. The summed E-state index contributed by atoms with van der Waals surface area (Å²) in [5.74, 6) is 0. The van der Waals surface area contributed by atoms with Crippen LogP contribution in [0.4, 0.5) is 0 Å². The van der Waals surface area contributed by atoms with Gasteiger partial charge in [-0.1, -0.05) is 120 Å². The number of unbranched alkanes of at least 4 members (excludes halogenated alkanes) is 13. The molecular formula is C31H56N2O2. The molecule has 1 heterocycles. The zero-order chi connectivity index (χ0) is 25.0. The van der Waals surface area contributed by atoms with Crippen molar-refractivity contribution >= 4 is 0 Å². The number of β-amino-alcohol motifs (C(OH)–C–C–N with tert-alkyl or cyclic N) is 1. The van der Waals surface area contributed by atoms with Gasteiger partial charge in [0.1, 0.15) is 0 Å². The Balaban J connectivity index is 1.33. The summed E-state index contributed by atoms with van der Waals surface area (Å²) < 4.78 is 5.77. The molecule has 0 aliphatic carbocycles. The maximum atomic E-state index is 10.4. The van der Waals surface area contributed by atoms with E-state index in [9.17, 15) is 5.11 Å². The number of hydrogen-bond acceptors (Lipinski definition) is 4. The summed E-state index contributed by atoms with van der Waals surface area (Å²) in [5, 5.41) is 10.4. The van der Waals surface area contributed by atoms with Crippen molar-refractivity contribution in [2.24, 2.45) is 0 Å². The van der Waals surface area contributed by atoms with Crippen LogP contribution in [-0.2, 0) is 11.3 Å². The predicted molar refractivity (Wildman–Crippen MR) is 150 cm³/mol. The van der Waals surface area contributed by atoms with Gasteiger partial charge in [-0.05, 0) is 18.9 Å². The Morgan fingerprint density at radius 2 is 1.20 bits per heavy atom. The molecule has 1 fully saturated rings. The van der Waals surface area contributed by atoms with Gasteiger partial charge < -0.3 is 9.84 Å². The Morgan fingerprint density at radius 3 is 1.74 bits per heavy atom. The second-order valence-electron chi connectivity index (χ2n) is 10.9. The molecule has 0 amide bonds. The van der Waals surface area contributed by atoms with Crippen molar-refractivity contribution in [1.82, 2.24) is 9.80 Å². The van der Waals surface area contributed by atoms with Gasteiger partial charge in [-0.15, -0.1) is 0 Å². The van der Waals surface area contributed by atoms with Crippen LogP contribution in [0.25, 0.3) is 0 Å². The van der Waals surface area contributed by atoms with Crippen LogP contribution in [0.1, 0.15) is 108 Å². The van der Waals surface area contributed by atoms with Gasteiger partial charge in [-0.25, -0.2) is 0 Å². The summed E-state index contributed by atoms with van der Waals surface area (Å²) in [5.41, 5.74) is 2.71. The Morgan fingerprint density at radius 1 is 0.714 bits per heavy atom. The van der Waals surface area contributed by atoms with Crippen LogP contribution >= 0.6 is 0 Å². The summed E-state index contributed by atoms with van der Waals surface area (Å²) >= 11 is 0. The second-order valence-corrected chi connectivity index (χ2v) is 10.9. The number of nitrogens with zero attached hydrogens (tertiary/aromatic N) is 2. The zero-order valence-corrected chi connectivity index (χ0v) is 23.2. The van der Waals surface area contributed by atoms with Crippen molar-refractivity contribution in [2.45, 2.75) is 116 Å². The molecule has 1 atom stereocenters. The van der Waals surface area contributed by atoms with Gasteiger partial charge in [0.25, 0.3) is 0 Å². The average Bonchev–Trinajstić information content (AvgIpc) is 2.86. The van der Waals surface area contributed by atoms with Gasteiger partial charge in [0.05, 0.1) is 12.7 Å². The first-order valence-corrected chi connectivity index (χ1v) is 14.9. The highest BCUT2D eigenvalue weighted by molar-refractivity contribution is 5.21. The number of aliphatic hydroxyl groups excluding tert-OH is 1. The van der Waals surface area contributed by atoms with Crippen molar-refractivity contribution in [3.05, 3.63) is 35.4 Å². The molecule has 1 aromatic carbocycles. The molecule has 4 nitrogen and oxygen atoms in total.